The molecule has 1 atom stereocenters. The van der Waals surface area contributed by atoms with Crippen LogP contribution < -0.4 is 5.43 Å². The second kappa shape index (κ2) is 7.03. The Balaban J connectivity index is 1.97. The smallest absolute Gasteiger partial charge is 0.291 e. The molecule has 148 valence electrons. The fourth-order valence-corrected chi connectivity index (χ4v) is 4.01. The van der Waals surface area contributed by atoms with Crippen molar-refractivity contribution in [1.82, 2.24) is 4.90 Å². The van der Waals surface area contributed by atoms with E-state index < -0.39 is 6.04 Å². The van der Waals surface area contributed by atoms with Crippen molar-refractivity contribution < 1.29 is 9.21 Å². The molecule has 1 aromatic heterocycles. The quantitative estimate of drug-likeness (QED) is 0.574. The number of hydrogen-bond acceptors (Lipinski definition) is 3. The fraction of sp³-hybridized carbons (Fsp3) is 0.280. The van der Waals surface area contributed by atoms with Gasteiger partial charge in [-0.1, -0.05) is 44.2 Å². The van der Waals surface area contributed by atoms with Crippen LogP contribution in [0.4, 0.5) is 0 Å². The van der Waals surface area contributed by atoms with Gasteiger partial charge >= 0.3 is 0 Å². The molecule has 2 heterocycles. The van der Waals surface area contributed by atoms with E-state index in [2.05, 4.69) is 32.6 Å². The monoisotopic (exact) mass is 387 g/mol. The highest BCUT2D eigenvalue weighted by Gasteiger charge is 2.42. The number of rotatable bonds is 4. The molecule has 0 fully saturated rings. The summed E-state index contributed by atoms with van der Waals surface area (Å²) in [6.45, 7) is 12.3. The first-order valence-electron chi connectivity index (χ1n) is 9.93. The topological polar surface area (TPSA) is 50.5 Å². The van der Waals surface area contributed by atoms with Crippen molar-refractivity contribution in [3.63, 3.8) is 0 Å². The number of nitrogens with zero attached hydrogens (tertiary/aromatic N) is 1. The zero-order chi connectivity index (χ0) is 20.9. The van der Waals surface area contributed by atoms with Gasteiger partial charge < -0.3 is 9.32 Å². The third-order valence-corrected chi connectivity index (χ3v) is 5.83. The van der Waals surface area contributed by atoms with Gasteiger partial charge in [0.15, 0.2) is 5.43 Å². The summed E-state index contributed by atoms with van der Waals surface area (Å²) in [6.07, 6.45) is 1.68. The molecule has 4 nitrogen and oxygen atoms in total. The minimum absolute atomic E-state index is 0.137. The minimum atomic E-state index is -0.473. The third kappa shape index (κ3) is 3.00. The Hall–Kier alpha value is -3.14. The highest BCUT2D eigenvalue weighted by Crippen LogP contribution is 2.38. The van der Waals surface area contributed by atoms with Gasteiger partial charge in [-0.3, -0.25) is 9.59 Å². The highest BCUT2D eigenvalue weighted by atomic mass is 16.3. The van der Waals surface area contributed by atoms with E-state index in [0.29, 0.717) is 29.0 Å². The molecule has 4 rings (SSSR count). The highest BCUT2D eigenvalue weighted by molar-refractivity contribution is 5.99. The maximum absolute atomic E-state index is 13.5. The first-order chi connectivity index (χ1) is 13.8. The van der Waals surface area contributed by atoms with Gasteiger partial charge in [0.05, 0.1) is 17.0 Å². The van der Waals surface area contributed by atoms with Crippen molar-refractivity contribution in [2.75, 3.05) is 6.54 Å². The lowest BCUT2D eigenvalue weighted by molar-refractivity contribution is 0.0748. The zero-order valence-corrected chi connectivity index (χ0v) is 17.3. The van der Waals surface area contributed by atoms with Crippen LogP contribution in [0.3, 0.4) is 0 Å². The summed E-state index contributed by atoms with van der Waals surface area (Å²) in [5.41, 5.74) is 4.90. The van der Waals surface area contributed by atoms with Crippen molar-refractivity contribution >= 4 is 16.9 Å². The number of fused-ring (bicyclic) bond motifs is 2. The molecular weight excluding hydrogens is 362 g/mol. The lowest BCUT2D eigenvalue weighted by Gasteiger charge is -2.24. The molecule has 29 heavy (non-hydrogen) atoms. The van der Waals surface area contributed by atoms with Crippen molar-refractivity contribution in [1.29, 1.82) is 0 Å². The molecule has 1 aliphatic heterocycles. The minimum Gasteiger partial charge on any atom is -0.450 e. The molecule has 4 heteroatoms. The summed E-state index contributed by atoms with van der Waals surface area (Å²) >= 11 is 0. The first kappa shape index (κ1) is 19.2. The van der Waals surface area contributed by atoms with Crippen LogP contribution in [0, 0.1) is 13.8 Å². The Morgan fingerprint density at radius 2 is 1.76 bits per heavy atom. The lowest BCUT2D eigenvalue weighted by atomic mass is 9.95. The van der Waals surface area contributed by atoms with Crippen molar-refractivity contribution in [3.8, 4) is 0 Å². The van der Waals surface area contributed by atoms with Gasteiger partial charge in [0.25, 0.3) is 5.91 Å². The fourth-order valence-electron chi connectivity index (χ4n) is 4.01. The number of carbonyl (C=O) groups is 1. The zero-order valence-electron chi connectivity index (χ0n) is 17.3. The van der Waals surface area contributed by atoms with Gasteiger partial charge in [0, 0.05) is 6.54 Å². The molecule has 1 unspecified atom stereocenters. The largest absolute Gasteiger partial charge is 0.450 e. The molecular formula is C25H25NO3. The van der Waals surface area contributed by atoms with Crippen LogP contribution >= 0.6 is 0 Å². The third-order valence-electron chi connectivity index (χ3n) is 5.83. The van der Waals surface area contributed by atoms with Gasteiger partial charge in [-0.15, -0.1) is 6.58 Å². The van der Waals surface area contributed by atoms with Crippen molar-refractivity contribution in [2.45, 2.75) is 39.7 Å². The van der Waals surface area contributed by atoms with Crippen LogP contribution in [0.25, 0.3) is 11.0 Å². The van der Waals surface area contributed by atoms with Crippen molar-refractivity contribution in [2.24, 2.45) is 0 Å². The summed E-state index contributed by atoms with van der Waals surface area (Å²) in [4.78, 5) is 28.3. The van der Waals surface area contributed by atoms with Crippen LogP contribution in [0.2, 0.25) is 0 Å². The number of hydrogen-bond donors (Lipinski definition) is 0. The standard InChI is InChI=1S/C25H25NO3/c1-6-11-26-22(18-9-7-17(8-10-18)14(2)3)21-23(27)19-12-15(4)16(5)13-20(19)29-24(21)25(26)28/h6-10,12-14,22H,1,11H2,2-5H3. The average Bonchev–Trinajstić information content (AvgIpc) is 2.96. The maximum Gasteiger partial charge on any atom is 0.291 e. The van der Waals surface area contributed by atoms with Crippen LogP contribution in [0.15, 0.2) is 58.3 Å². The Labute approximate surface area is 170 Å². The number of amides is 1. The van der Waals surface area contributed by atoms with Crippen molar-refractivity contribution in [3.05, 3.63) is 92.9 Å². The van der Waals surface area contributed by atoms with Gasteiger partial charge in [-0.25, -0.2) is 0 Å². The predicted octanol–water partition coefficient (Wildman–Crippen LogP) is 5.26. The summed E-state index contributed by atoms with van der Waals surface area (Å²) in [5.74, 6) is 0.284. The summed E-state index contributed by atoms with van der Waals surface area (Å²) < 4.78 is 6.00. The first-order valence-corrected chi connectivity index (χ1v) is 9.93. The Morgan fingerprint density at radius 1 is 1.10 bits per heavy atom. The van der Waals surface area contributed by atoms with E-state index in [0.717, 1.165) is 16.7 Å². The summed E-state index contributed by atoms with van der Waals surface area (Å²) in [7, 11) is 0. The van der Waals surface area contributed by atoms with Crippen LogP contribution in [-0.4, -0.2) is 17.4 Å². The molecule has 0 spiro atoms. The Bertz CT molecular complexity index is 1190. The van der Waals surface area contributed by atoms with E-state index in [4.69, 9.17) is 4.42 Å². The molecule has 0 saturated heterocycles. The number of carbonyl (C=O) groups excluding carboxylic acids is 1. The van der Waals surface area contributed by atoms with E-state index in [1.54, 1.807) is 11.0 Å². The Morgan fingerprint density at radius 3 is 2.38 bits per heavy atom. The van der Waals surface area contributed by atoms with Crippen LogP contribution in [-0.2, 0) is 0 Å². The maximum atomic E-state index is 13.5. The second-order valence-electron chi connectivity index (χ2n) is 8.08. The summed E-state index contributed by atoms with van der Waals surface area (Å²) in [5, 5.41) is 0.518. The SMILES string of the molecule is C=CCN1C(=O)c2oc3cc(C)c(C)cc3c(=O)c2C1c1ccc(C(C)C)cc1. The molecule has 0 bridgehead atoms. The van der Waals surface area contributed by atoms with Gasteiger partial charge in [0.1, 0.15) is 5.58 Å². The lowest BCUT2D eigenvalue weighted by Crippen LogP contribution is -2.29. The average molecular weight is 387 g/mol. The molecule has 2 aromatic carbocycles. The molecule has 1 aliphatic rings. The van der Waals surface area contributed by atoms with Crippen LogP contribution in [0.1, 0.15) is 64.2 Å². The summed E-state index contributed by atoms with van der Waals surface area (Å²) in [6, 6.07) is 11.3. The predicted molar refractivity (Wildman–Crippen MR) is 116 cm³/mol. The normalized spacial score (nSPS) is 16.0. The molecule has 1 amide bonds. The number of aryl methyl sites for hydroxylation is 2. The van der Waals surface area contributed by atoms with E-state index in [-0.39, 0.29) is 17.1 Å². The van der Waals surface area contributed by atoms with E-state index in [9.17, 15) is 9.59 Å². The second-order valence-corrected chi connectivity index (χ2v) is 8.08. The Kier molecular flexibility index (Phi) is 4.65. The molecule has 0 aliphatic carbocycles. The van der Waals surface area contributed by atoms with E-state index in [1.807, 2.05) is 38.1 Å². The van der Waals surface area contributed by atoms with Gasteiger partial charge in [-0.05, 0) is 54.2 Å². The van der Waals surface area contributed by atoms with E-state index >= 15 is 0 Å². The van der Waals surface area contributed by atoms with Crippen LogP contribution in [0.5, 0.6) is 0 Å². The number of benzene rings is 2. The van der Waals surface area contributed by atoms with Gasteiger partial charge in [0.2, 0.25) is 5.76 Å². The molecule has 0 radical (unpaired) electrons. The molecule has 3 aromatic rings. The molecule has 0 saturated carbocycles. The van der Waals surface area contributed by atoms with Gasteiger partial charge in [-0.2, -0.15) is 0 Å². The van der Waals surface area contributed by atoms with E-state index in [1.165, 1.54) is 5.56 Å². The molecule has 0 N–H and O–H groups in total.